The summed E-state index contributed by atoms with van der Waals surface area (Å²) in [4.78, 5) is 23.5. The number of carbonyl (C=O) groups is 2. The van der Waals surface area contributed by atoms with Crippen molar-refractivity contribution in [1.82, 2.24) is 5.32 Å². The van der Waals surface area contributed by atoms with E-state index in [0.717, 1.165) is 12.8 Å². The Bertz CT molecular complexity index is 378. The van der Waals surface area contributed by atoms with E-state index in [-0.39, 0.29) is 12.7 Å². The number of rotatable bonds is 11. The first-order valence-corrected chi connectivity index (χ1v) is 8.48. The van der Waals surface area contributed by atoms with E-state index in [4.69, 9.17) is 14.2 Å². The maximum atomic E-state index is 12.0. The molecule has 0 heterocycles. The Kier molecular flexibility index (Phi) is 10.6. The lowest BCUT2D eigenvalue weighted by molar-refractivity contribution is -0.164. The molecule has 0 aliphatic heterocycles. The zero-order valence-electron chi connectivity index (χ0n) is 15.8. The van der Waals surface area contributed by atoms with Crippen molar-refractivity contribution in [2.45, 2.75) is 78.6 Å². The van der Waals surface area contributed by atoms with Crippen molar-refractivity contribution < 1.29 is 28.9 Å². The van der Waals surface area contributed by atoms with Gasteiger partial charge >= 0.3 is 12.1 Å². The predicted octanol–water partition coefficient (Wildman–Crippen LogP) is 3.17. The molecule has 7 heteroatoms. The fraction of sp³-hybridized carbons (Fsp3) is 0.882. The average molecular weight is 347 g/mol. The highest BCUT2D eigenvalue weighted by Gasteiger charge is 2.32. The fourth-order valence-electron chi connectivity index (χ4n) is 2.01. The SMILES string of the molecule is CCCCOCOC(C(=O)O)[C@H](CC(C)C)NC(=O)OC(C)(C)C. The van der Waals surface area contributed by atoms with Crippen molar-refractivity contribution >= 4 is 12.1 Å². The number of carboxylic acids is 1. The molecular formula is C17H33NO6. The second-order valence-electron chi connectivity index (χ2n) is 7.19. The minimum Gasteiger partial charge on any atom is -0.479 e. The third kappa shape index (κ3) is 11.2. The molecule has 0 bridgehead atoms. The van der Waals surface area contributed by atoms with Crippen LogP contribution in [0.2, 0.25) is 0 Å². The molecule has 2 atom stereocenters. The summed E-state index contributed by atoms with van der Waals surface area (Å²) in [7, 11) is 0. The van der Waals surface area contributed by atoms with Crippen molar-refractivity contribution in [3.05, 3.63) is 0 Å². The Morgan fingerprint density at radius 2 is 1.83 bits per heavy atom. The summed E-state index contributed by atoms with van der Waals surface area (Å²) in [5.41, 5.74) is -0.657. The van der Waals surface area contributed by atoms with Crippen LogP contribution >= 0.6 is 0 Å². The van der Waals surface area contributed by atoms with E-state index in [1.54, 1.807) is 20.8 Å². The molecule has 1 unspecified atom stereocenters. The van der Waals surface area contributed by atoms with Crippen LogP contribution in [-0.2, 0) is 19.0 Å². The molecule has 0 aromatic carbocycles. The van der Waals surface area contributed by atoms with Crippen LogP contribution in [0.1, 0.15) is 60.8 Å². The number of aliphatic carboxylic acids is 1. The van der Waals surface area contributed by atoms with Crippen molar-refractivity contribution in [2.75, 3.05) is 13.4 Å². The lowest BCUT2D eigenvalue weighted by atomic mass is 9.99. The summed E-state index contributed by atoms with van der Waals surface area (Å²) >= 11 is 0. The third-order valence-corrected chi connectivity index (χ3v) is 3.01. The van der Waals surface area contributed by atoms with Gasteiger partial charge in [-0.3, -0.25) is 0 Å². The quantitative estimate of drug-likeness (QED) is 0.440. The van der Waals surface area contributed by atoms with E-state index in [0.29, 0.717) is 13.0 Å². The van der Waals surface area contributed by atoms with Crippen molar-refractivity contribution in [3.8, 4) is 0 Å². The van der Waals surface area contributed by atoms with Gasteiger partial charge in [-0.25, -0.2) is 9.59 Å². The highest BCUT2D eigenvalue weighted by Crippen LogP contribution is 2.14. The minimum absolute atomic E-state index is 0.123. The number of hydrogen-bond donors (Lipinski definition) is 2. The first-order valence-electron chi connectivity index (χ1n) is 8.48. The topological polar surface area (TPSA) is 94.1 Å². The molecule has 0 rings (SSSR count). The number of hydrogen-bond acceptors (Lipinski definition) is 5. The van der Waals surface area contributed by atoms with Crippen molar-refractivity contribution in [3.63, 3.8) is 0 Å². The summed E-state index contributed by atoms with van der Waals surface area (Å²) in [6.07, 6.45) is 0.465. The van der Waals surface area contributed by atoms with Gasteiger partial charge in [0.2, 0.25) is 0 Å². The van der Waals surface area contributed by atoms with Gasteiger partial charge in [-0.05, 0) is 39.5 Å². The van der Waals surface area contributed by atoms with Crippen LogP contribution in [0, 0.1) is 5.92 Å². The van der Waals surface area contributed by atoms with Crippen LogP contribution in [-0.4, -0.2) is 48.3 Å². The first kappa shape index (κ1) is 22.7. The number of amides is 1. The third-order valence-electron chi connectivity index (χ3n) is 3.01. The predicted molar refractivity (Wildman–Crippen MR) is 90.8 cm³/mol. The van der Waals surface area contributed by atoms with Gasteiger partial charge in [0, 0.05) is 6.61 Å². The number of ether oxygens (including phenoxy) is 3. The van der Waals surface area contributed by atoms with E-state index in [2.05, 4.69) is 5.32 Å². The van der Waals surface area contributed by atoms with Crippen LogP contribution < -0.4 is 5.32 Å². The second kappa shape index (κ2) is 11.3. The van der Waals surface area contributed by atoms with Crippen LogP contribution in [0.25, 0.3) is 0 Å². The van der Waals surface area contributed by atoms with Crippen molar-refractivity contribution in [1.29, 1.82) is 0 Å². The van der Waals surface area contributed by atoms with Crippen LogP contribution in [0.15, 0.2) is 0 Å². The fourth-order valence-corrected chi connectivity index (χ4v) is 2.01. The van der Waals surface area contributed by atoms with Crippen LogP contribution in [0.4, 0.5) is 4.79 Å². The Hall–Kier alpha value is -1.34. The Balaban J connectivity index is 4.79. The Morgan fingerprint density at radius 3 is 2.29 bits per heavy atom. The standard InChI is InChI=1S/C17H33NO6/c1-7-8-9-22-11-23-14(15(19)20)13(10-12(2)3)18-16(21)24-17(4,5)6/h12-14H,7-11H2,1-6H3,(H,18,21)(H,19,20)/t13-,14?/m0/s1. The summed E-state index contributed by atoms with van der Waals surface area (Å²) in [5.74, 6) is -0.966. The molecule has 2 N–H and O–H groups in total. The molecule has 0 aromatic heterocycles. The zero-order chi connectivity index (χ0) is 18.8. The van der Waals surface area contributed by atoms with Gasteiger partial charge in [0.1, 0.15) is 12.4 Å². The maximum absolute atomic E-state index is 12.0. The second-order valence-corrected chi connectivity index (χ2v) is 7.19. The molecule has 0 aromatic rings. The lowest BCUT2D eigenvalue weighted by Gasteiger charge is -2.28. The molecule has 0 radical (unpaired) electrons. The number of nitrogens with one attached hydrogen (secondary N) is 1. The largest absolute Gasteiger partial charge is 0.479 e. The first-order chi connectivity index (χ1) is 11.1. The molecule has 0 saturated carbocycles. The minimum atomic E-state index is -1.19. The van der Waals surface area contributed by atoms with E-state index in [1.807, 2.05) is 20.8 Å². The van der Waals surface area contributed by atoms with Gasteiger partial charge in [0.25, 0.3) is 0 Å². The molecule has 0 fully saturated rings. The molecule has 0 aliphatic rings. The van der Waals surface area contributed by atoms with E-state index in [1.165, 1.54) is 0 Å². The number of carbonyl (C=O) groups excluding carboxylic acids is 1. The van der Waals surface area contributed by atoms with Crippen LogP contribution in [0.3, 0.4) is 0 Å². The van der Waals surface area contributed by atoms with Crippen LogP contribution in [0.5, 0.6) is 0 Å². The van der Waals surface area contributed by atoms with Gasteiger partial charge in [0.15, 0.2) is 6.10 Å². The molecule has 7 nitrogen and oxygen atoms in total. The monoisotopic (exact) mass is 347 g/mol. The van der Waals surface area contributed by atoms with Gasteiger partial charge < -0.3 is 24.6 Å². The summed E-state index contributed by atoms with van der Waals surface area (Å²) < 4.78 is 15.8. The maximum Gasteiger partial charge on any atom is 0.407 e. The Morgan fingerprint density at radius 1 is 1.21 bits per heavy atom. The molecule has 0 saturated heterocycles. The average Bonchev–Trinajstić information content (AvgIpc) is 2.38. The van der Waals surface area contributed by atoms with E-state index >= 15 is 0 Å². The Labute approximate surface area is 145 Å². The molecule has 1 amide bonds. The van der Waals surface area contributed by atoms with E-state index < -0.39 is 29.8 Å². The molecular weight excluding hydrogens is 314 g/mol. The summed E-state index contributed by atoms with van der Waals surface area (Å²) in [6, 6.07) is -0.702. The van der Waals surface area contributed by atoms with Crippen molar-refractivity contribution in [2.24, 2.45) is 5.92 Å². The highest BCUT2D eigenvalue weighted by atomic mass is 16.7. The van der Waals surface area contributed by atoms with E-state index in [9.17, 15) is 14.7 Å². The summed E-state index contributed by atoms with van der Waals surface area (Å²) in [6.45, 7) is 11.6. The van der Waals surface area contributed by atoms with Gasteiger partial charge in [-0.15, -0.1) is 0 Å². The molecule has 0 spiro atoms. The lowest BCUT2D eigenvalue weighted by Crippen LogP contribution is -2.50. The number of unbranched alkanes of at least 4 members (excludes halogenated alkanes) is 1. The number of carboxylic acid groups (broad SMARTS) is 1. The molecule has 24 heavy (non-hydrogen) atoms. The molecule has 0 aliphatic carbocycles. The molecule has 142 valence electrons. The normalized spacial score (nSPS) is 14.3. The van der Waals surface area contributed by atoms with Gasteiger partial charge in [0.05, 0.1) is 6.04 Å². The number of alkyl carbamates (subject to hydrolysis) is 1. The smallest absolute Gasteiger partial charge is 0.407 e. The zero-order valence-corrected chi connectivity index (χ0v) is 15.8. The van der Waals surface area contributed by atoms with Gasteiger partial charge in [-0.1, -0.05) is 27.2 Å². The summed E-state index contributed by atoms with van der Waals surface area (Å²) in [5, 5.41) is 12.0. The van der Waals surface area contributed by atoms with Gasteiger partial charge in [-0.2, -0.15) is 0 Å². The highest BCUT2D eigenvalue weighted by molar-refractivity contribution is 5.75.